The Morgan fingerprint density at radius 2 is 2.00 bits per heavy atom. The van der Waals surface area contributed by atoms with Crippen molar-refractivity contribution >= 4 is 17.2 Å². The standard InChI is InChI=1S/C13H20N2S/c1-4-15(5-2)12(13(14)16)11-8-6-7-10(3)9-11/h6-9,12H,4-5H2,1-3H3,(H2,14,16). The predicted octanol–water partition coefficient (Wildman–Crippen LogP) is 2.66. The minimum atomic E-state index is 0.0601. The molecule has 0 saturated heterocycles. The van der Waals surface area contributed by atoms with Crippen molar-refractivity contribution in [2.24, 2.45) is 5.73 Å². The number of likely N-dealkylation sites (N-methyl/N-ethyl adjacent to an activating group) is 1. The van der Waals surface area contributed by atoms with Crippen LogP contribution < -0.4 is 5.73 Å². The second kappa shape index (κ2) is 5.97. The van der Waals surface area contributed by atoms with Gasteiger partial charge in [0.15, 0.2) is 0 Å². The maximum Gasteiger partial charge on any atom is 0.0948 e. The summed E-state index contributed by atoms with van der Waals surface area (Å²) in [4.78, 5) is 2.83. The first-order valence-electron chi connectivity index (χ1n) is 5.70. The second-order valence-corrected chi connectivity index (χ2v) is 4.41. The molecule has 16 heavy (non-hydrogen) atoms. The molecule has 0 fully saturated rings. The highest BCUT2D eigenvalue weighted by atomic mass is 32.1. The zero-order chi connectivity index (χ0) is 12.1. The molecule has 0 aliphatic rings. The van der Waals surface area contributed by atoms with Crippen molar-refractivity contribution in [3.05, 3.63) is 35.4 Å². The molecule has 0 aliphatic heterocycles. The lowest BCUT2D eigenvalue weighted by molar-refractivity contribution is 0.272. The molecule has 1 atom stereocenters. The molecule has 0 aliphatic carbocycles. The molecule has 1 aromatic carbocycles. The van der Waals surface area contributed by atoms with Crippen molar-refractivity contribution < 1.29 is 0 Å². The monoisotopic (exact) mass is 236 g/mol. The molecule has 0 saturated carbocycles. The lowest BCUT2D eigenvalue weighted by Gasteiger charge is -2.29. The van der Waals surface area contributed by atoms with Gasteiger partial charge >= 0.3 is 0 Å². The molecular weight excluding hydrogens is 216 g/mol. The normalized spacial score (nSPS) is 12.8. The van der Waals surface area contributed by atoms with Crippen LogP contribution in [0.2, 0.25) is 0 Å². The average molecular weight is 236 g/mol. The number of nitrogens with two attached hydrogens (primary N) is 1. The number of rotatable bonds is 5. The third-order valence-corrected chi connectivity index (χ3v) is 3.03. The van der Waals surface area contributed by atoms with Gasteiger partial charge in [0.1, 0.15) is 0 Å². The summed E-state index contributed by atoms with van der Waals surface area (Å²) in [5, 5.41) is 0. The van der Waals surface area contributed by atoms with E-state index in [1.54, 1.807) is 0 Å². The summed E-state index contributed by atoms with van der Waals surface area (Å²) < 4.78 is 0. The molecular formula is C13H20N2S. The molecule has 0 heterocycles. The van der Waals surface area contributed by atoms with E-state index in [1.807, 2.05) is 0 Å². The van der Waals surface area contributed by atoms with Gasteiger partial charge in [-0.1, -0.05) is 55.9 Å². The van der Waals surface area contributed by atoms with Crippen LogP contribution in [0.5, 0.6) is 0 Å². The molecule has 3 heteroatoms. The first kappa shape index (κ1) is 13.1. The Balaban J connectivity index is 3.06. The van der Waals surface area contributed by atoms with Gasteiger partial charge in [-0.3, -0.25) is 4.90 Å². The molecule has 88 valence electrons. The Morgan fingerprint density at radius 3 is 2.44 bits per heavy atom. The van der Waals surface area contributed by atoms with Crippen LogP contribution in [0.1, 0.15) is 31.0 Å². The van der Waals surface area contributed by atoms with Crippen molar-refractivity contribution in [3.8, 4) is 0 Å². The van der Waals surface area contributed by atoms with E-state index in [1.165, 1.54) is 11.1 Å². The number of aryl methyl sites for hydroxylation is 1. The summed E-state index contributed by atoms with van der Waals surface area (Å²) in [6, 6.07) is 8.45. The highest BCUT2D eigenvalue weighted by Gasteiger charge is 2.20. The van der Waals surface area contributed by atoms with Crippen molar-refractivity contribution in [2.75, 3.05) is 13.1 Å². The van der Waals surface area contributed by atoms with Crippen molar-refractivity contribution in [3.63, 3.8) is 0 Å². The van der Waals surface area contributed by atoms with E-state index in [0.29, 0.717) is 4.99 Å². The lowest BCUT2D eigenvalue weighted by Crippen LogP contribution is -2.36. The summed E-state index contributed by atoms with van der Waals surface area (Å²) in [6.07, 6.45) is 0. The smallest absolute Gasteiger partial charge is 0.0948 e. The fourth-order valence-corrected chi connectivity index (χ4v) is 2.27. The highest BCUT2D eigenvalue weighted by Crippen LogP contribution is 2.21. The second-order valence-electron chi connectivity index (χ2n) is 3.94. The third kappa shape index (κ3) is 3.03. The molecule has 2 N–H and O–H groups in total. The fraction of sp³-hybridized carbons (Fsp3) is 0.462. The SMILES string of the molecule is CCN(CC)C(C(N)=S)c1cccc(C)c1. The van der Waals surface area contributed by atoms with E-state index in [-0.39, 0.29) is 6.04 Å². The summed E-state index contributed by atoms with van der Waals surface area (Å²) >= 11 is 5.19. The molecule has 0 aromatic heterocycles. The molecule has 1 aromatic rings. The van der Waals surface area contributed by atoms with Crippen LogP contribution in [0.4, 0.5) is 0 Å². The van der Waals surface area contributed by atoms with Crippen molar-refractivity contribution in [2.45, 2.75) is 26.8 Å². The van der Waals surface area contributed by atoms with Gasteiger partial charge in [-0.15, -0.1) is 0 Å². The van der Waals surface area contributed by atoms with Crippen LogP contribution in [0.25, 0.3) is 0 Å². The first-order valence-corrected chi connectivity index (χ1v) is 6.10. The quantitative estimate of drug-likeness (QED) is 0.797. The molecule has 0 amide bonds. The van der Waals surface area contributed by atoms with Crippen LogP contribution in [0.3, 0.4) is 0 Å². The highest BCUT2D eigenvalue weighted by molar-refractivity contribution is 7.80. The zero-order valence-corrected chi connectivity index (χ0v) is 11.1. The average Bonchev–Trinajstić information content (AvgIpc) is 2.24. The van der Waals surface area contributed by atoms with Gasteiger partial charge in [-0.05, 0) is 25.6 Å². The van der Waals surface area contributed by atoms with Crippen molar-refractivity contribution in [1.29, 1.82) is 0 Å². The van der Waals surface area contributed by atoms with Gasteiger partial charge in [0.25, 0.3) is 0 Å². The van der Waals surface area contributed by atoms with Gasteiger partial charge < -0.3 is 5.73 Å². The molecule has 1 rings (SSSR count). The molecule has 2 nitrogen and oxygen atoms in total. The Hall–Kier alpha value is -0.930. The summed E-state index contributed by atoms with van der Waals surface area (Å²) in [7, 11) is 0. The molecule has 0 spiro atoms. The zero-order valence-electron chi connectivity index (χ0n) is 10.2. The predicted molar refractivity (Wildman–Crippen MR) is 73.6 cm³/mol. The van der Waals surface area contributed by atoms with E-state index in [0.717, 1.165) is 13.1 Å². The summed E-state index contributed by atoms with van der Waals surface area (Å²) in [5.41, 5.74) is 8.29. The molecule has 0 radical (unpaired) electrons. The van der Waals surface area contributed by atoms with E-state index in [2.05, 4.69) is 49.9 Å². The van der Waals surface area contributed by atoms with E-state index in [4.69, 9.17) is 18.0 Å². The maximum absolute atomic E-state index is 5.86. The van der Waals surface area contributed by atoms with Crippen LogP contribution in [-0.4, -0.2) is 23.0 Å². The number of hydrogen-bond donors (Lipinski definition) is 1. The summed E-state index contributed by atoms with van der Waals surface area (Å²) in [6.45, 7) is 8.25. The topological polar surface area (TPSA) is 29.3 Å². The Kier molecular flexibility index (Phi) is 4.90. The molecule has 1 unspecified atom stereocenters. The van der Waals surface area contributed by atoms with Gasteiger partial charge in [0.2, 0.25) is 0 Å². The van der Waals surface area contributed by atoms with E-state index >= 15 is 0 Å². The number of nitrogens with zero attached hydrogens (tertiary/aromatic N) is 1. The van der Waals surface area contributed by atoms with E-state index in [9.17, 15) is 0 Å². The Labute approximate surface area is 103 Å². The van der Waals surface area contributed by atoms with Crippen LogP contribution in [-0.2, 0) is 0 Å². The van der Waals surface area contributed by atoms with Gasteiger partial charge in [0, 0.05) is 0 Å². The van der Waals surface area contributed by atoms with Crippen LogP contribution in [0.15, 0.2) is 24.3 Å². The van der Waals surface area contributed by atoms with Gasteiger partial charge in [-0.25, -0.2) is 0 Å². The fourth-order valence-electron chi connectivity index (χ4n) is 1.98. The molecule has 0 bridgehead atoms. The minimum absolute atomic E-state index is 0.0601. The Bertz CT molecular complexity index is 359. The van der Waals surface area contributed by atoms with Crippen LogP contribution in [0, 0.1) is 6.92 Å². The van der Waals surface area contributed by atoms with Crippen LogP contribution >= 0.6 is 12.2 Å². The Morgan fingerprint density at radius 1 is 1.38 bits per heavy atom. The number of hydrogen-bond acceptors (Lipinski definition) is 2. The largest absolute Gasteiger partial charge is 0.392 e. The van der Waals surface area contributed by atoms with E-state index < -0.39 is 0 Å². The number of thiocarbonyl (C=S) groups is 1. The first-order chi connectivity index (χ1) is 7.60. The summed E-state index contributed by atoms with van der Waals surface area (Å²) in [5.74, 6) is 0. The maximum atomic E-state index is 5.86. The van der Waals surface area contributed by atoms with Gasteiger partial charge in [-0.2, -0.15) is 0 Å². The lowest BCUT2D eigenvalue weighted by atomic mass is 10.0. The van der Waals surface area contributed by atoms with Crippen molar-refractivity contribution in [1.82, 2.24) is 4.90 Å². The number of benzene rings is 1. The third-order valence-electron chi connectivity index (χ3n) is 2.80. The minimum Gasteiger partial charge on any atom is -0.392 e. The van der Waals surface area contributed by atoms with Gasteiger partial charge in [0.05, 0.1) is 11.0 Å².